The maximum atomic E-state index is 13.6. The van der Waals surface area contributed by atoms with Gasteiger partial charge >= 0.3 is 0 Å². The molecule has 5 heteroatoms. The first-order valence-corrected chi connectivity index (χ1v) is 4.46. The van der Waals surface area contributed by atoms with Crippen molar-refractivity contribution < 1.29 is 8.78 Å². The van der Waals surface area contributed by atoms with Crippen LogP contribution in [0.3, 0.4) is 0 Å². The normalized spacial score (nSPS) is 10.1. The van der Waals surface area contributed by atoms with E-state index >= 15 is 0 Å². The third-order valence-corrected chi connectivity index (χ3v) is 2.20. The molecule has 0 saturated carbocycles. The van der Waals surface area contributed by atoms with Crippen molar-refractivity contribution in [1.29, 1.82) is 5.26 Å². The lowest BCUT2D eigenvalue weighted by molar-refractivity contribution is 0.505. The van der Waals surface area contributed by atoms with Crippen LogP contribution in [0, 0.1) is 23.0 Å². The molecule has 3 nitrogen and oxygen atoms in total. The van der Waals surface area contributed by atoms with E-state index in [9.17, 15) is 8.78 Å². The van der Waals surface area contributed by atoms with Crippen molar-refractivity contribution >= 4 is 5.69 Å². The van der Waals surface area contributed by atoms with Gasteiger partial charge in [0, 0.05) is 6.20 Å². The van der Waals surface area contributed by atoms with Crippen LogP contribution in [-0.4, -0.2) is 4.57 Å². The Morgan fingerprint density at radius 1 is 1.25 bits per heavy atom. The number of anilines is 1. The molecule has 0 aliphatic heterocycles. The summed E-state index contributed by atoms with van der Waals surface area (Å²) < 4.78 is 27.8. The molecule has 2 aromatic rings. The third-order valence-electron chi connectivity index (χ3n) is 2.20. The largest absolute Gasteiger partial charge is 0.397 e. The molecule has 1 aromatic heterocycles. The van der Waals surface area contributed by atoms with E-state index in [0.29, 0.717) is 0 Å². The van der Waals surface area contributed by atoms with E-state index in [1.54, 1.807) is 6.07 Å². The van der Waals surface area contributed by atoms with E-state index in [-0.39, 0.29) is 17.1 Å². The average Bonchev–Trinajstić information content (AvgIpc) is 2.72. The molecule has 2 N–H and O–H groups in total. The molecule has 1 heterocycles. The van der Waals surface area contributed by atoms with E-state index in [2.05, 4.69) is 0 Å². The van der Waals surface area contributed by atoms with Crippen LogP contribution in [0.2, 0.25) is 0 Å². The lowest BCUT2D eigenvalue weighted by Crippen LogP contribution is -2.05. The number of benzene rings is 1. The SMILES string of the molecule is N#Cc1cccn1-c1c(N)ccc(F)c1F. The molecule has 0 amide bonds. The summed E-state index contributed by atoms with van der Waals surface area (Å²) in [6.07, 6.45) is 1.45. The third kappa shape index (κ3) is 1.41. The zero-order chi connectivity index (χ0) is 11.7. The first-order valence-electron chi connectivity index (χ1n) is 4.46. The molecule has 16 heavy (non-hydrogen) atoms. The Hall–Kier alpha value is -2.35. The van der Waals surface area contributed by atoms with Gasteiger partial charge in [-0.1, -0.05) is 0 Å². The summed E-state index contributed by atoms with van der Waals surface area (Å²) in [6, 6.07) is 7.12. The summed E-state index contributed by atoms with van der Waals surface area (Å²) in [5.41, 5.74) is 5.70. The predicted molar refractivity (Wildman–Crippen MR) is 54.8 cm³/mol. The van der Waals surface area contributed by atoms with Gasteiger partial charge in [-0.25, -0.2) is 8.78 Å². The average molecular weight is 219 g/mol. The molecule has 1 aromatic carbocycles. The number of nitrogen functional groups attached to an aromatic ring is 1. The van der Waals surface area contributed by atoms with Crippen molar-refractivity contribution in [3.05, 3.63) is 47.8 Å². The highest BCUT2D eigenvalue weighted by Crippen LogP contribution is 2.24. The van der Waals surface area contributed by atoms with Crippen LogP contribution in [0.25, 0.3) is 5.69 Å². The Balaban J connectivity index is 2.74. The molecule has 0 radical (unpaired) electrons. The molecule has 0 bridgehead atoms. The highest BCUT2D eigenvalue weighted by Gasteiger charge is 2.15. The lowest BCUT2D eigenvalue weighted by Gasteiger charge is -2.09. The van der Waals surface area contributed by atoms with Gasteiger partial charge in [-0.15, -0.1) is 0 Å². The minimum absolute atomic E-state index is 0.0756. The fourth-order valence-corrected chi connectivity index (χ4v) is 1.47. The standard InChI is InChI=1S/C11H7F2N3/c12-8-3-4-9(15)11(10(8)13)16-5-1-2-7(16)6-14/h1-5H,15H2. The van der Waals surface area contributed by atoms with Crippen molar-refractivity contribution in [2.45, 2.75) is 0 Å². The number of aromatic nitrogens is 1. The summed E-state index contributed by atoms with van der Waals surface area (Å²) in [6.45, 7) is 0. The molecule has 0 spiro atoms. The van der Waals surface area contributed by atoms with E-state index in [1.165, 1.54) is 22.9 Å². The monoisotopic (exact) mass is 219 g/mol. The summed E-state index contributed by atoms with van der Waals surface area (Å²) in [4.78, 5) is 0. The first kappa shape index (κ1) is 10.2. The fourth-order valence-electron chi connectivity index (χ4n) is 1.47. The Kier molecular flexibility index (Phi) is 2.33. The number of rotatable bonds is 1. The van der Waals surface area contributed by atoms with Crippen LogP contribution in [0.15, 0.2) is 30.5 Å². The number of halogens is 2. The van der Waals surface area contributed by atoms with Gasteiger partial charge in [-0.3, -0.25) is 0 Å². The Labute approximate surface area is 90.3 Å². The van der Waals surface area contributed by atoms with Gasteiger partial charge in [0.1, 0.15) is 17.5 Å². The van der Waals surface area contributed by atoms with Gasteiger partial charge in [0.2, 0.25) is 0 Å². The van der Waals surface area contributed by atoms with Gasteiger partial charge in [-0.05, 0) is 24.3 Å². The quantitative estimate of drug-likeness (QED) is 0.747. The second kappa shape index (κ2) is 3.66. The topological polar surface area (TPSA) is 54.7 Å². The zero-order valence-electron chi connectivity index (χ0n) is 8.11. The molecule has 0 saturated heterocycles. The zero-order valence-corrected chi connectivity index (χ0v) is 8.11. The van der Waals surface area contributed by atoms with Crippen molar-refractivity contribution in [2.75, 3.05) is 5.73 Å². The molecule has 0 aliphatic carbocycles. The predicted octanol–water partition coefficient (Wildman–Crippen LogP) is 2.21. The minimum Gasteiger partial charge on any atom is -0.397 e. The number of nitriles is 1. The fraction of sp³-hybridized carbons (Fsp3) is 0. The minimum atomic E-state index is -1.06. The first-order chi connectivity index (χ1) is 7.65. The van der Waals surface area contributed by atoms with Gasteiger partial charge < -0.3 is 10.3 Å². The molecule has 0 atom stereocenters. The van der Waals surface area contributed by atoms with E-state index in [4.69, 9.17) is 11.0 Å². The summed E-state index contributed by atoms with van der Waals surface area (Å²) in [5, 5.41) is 8.79. The highest BCUT2D eigenvalue weighted by molar-refractivity contribution is 5.60. The summed E-state index contributed by atoms with van der Waals surface area (Å²) in [5.74, 6) is -2.06. The van der Waals surface area contributed by atoms with Crippen LogP contribution < -0.4 is 5.73 Å². The van der Waals surface area contributed by atoms with Crippen LogP contribution in [0.4, 0.5) is 14.5 Å². The molecule has 0 fully saturated rings. The van der Waals surface area contributed by atoms with Crippen molar-refractivity contribution in [2.24, 2.45) is 0 Å². The molecular formula is C11H7F2N3. The van der Waals surface area contributed by atoms with Crippen LogP contribution in [0.1, 0.15) is 5.69 Å². The highest BCUT2D eigenvalue weighted by atomic mass is 19.2. The molecule has 0 aliphatic rings. The maximum Gasteiger partial charge on any atom is 0.184 e. The Morgan fingerprint density at radius 3 is 2.69 bits per heavy atom. The Morgan fingerprint density at radius 2 is 2.00 bits per heavy atom. The van der Waals surface area contributed by atoms with E-state index in [0.717, 1.165) is 6.07 Å². The smallest absolute Gasteiger partial charge is 0.184 e. The van der Waals surface area contributed by atoms with Gasteiger partial charge in [0.15, 0.2) is 11.6 Å². The summed E-state index contributed by atoms with van der Waals surface area (Å²) in [7, 11) is 0. The van der Waals surface area contributed by atoms with Crippen molar-refractivity contribution in [3.8, 4) is 11.8 Å². The Bertz CT molecular complexity index is 581. The number of nitrogens with two attached hydrogens (primary N) is 1. The second-order valence-corrected chi connectivity index (χ2v) is 3.17. The van der Waals surface area contributed by atoms with Crippen LogP contribution >= 0.6 is 0 Å². The van der Waals surface area contributed by atoms with Crippen molar-refractivity contribution in [3.63, 3.8) is 0 Å². The number of nitrogens with zero attached hydrogens (tertiary/aromatic N) is 2. The summed E-state index contributed by atoms with van der Waals surface area (Å²) >= 11 is 0. The van der Waals surface area contributed by atoms with Crippen LogP contribution in [0.5, 0.6) is 0 Å². The van der Waals surface area contributed by atoms with Gasteiger partial charge in [-0.2, -0.15) is 5.26 Å². The van der Waals surface area contributed by atoms with E-state index in [1.807, 2.05) is 6.07 Å². The number of hydrogen-bond donors (Lipinski definition) is 1. The molecule has 0 unspecified atom stereocenters. The van der Waals surface area contributed by atoms with Crippen LogP contribution in [-0.2, 0) is 0 Å². The number of hydrogen-bond acceptors (Lipinski definition) is 2. The molecule has 80 valence electrons. The van der Waals surface area contributed by atoms with Gasteiger partial charge in [0.25, 0.3) is 0 Å². The van der Waals surface area contributed by atoms with E-state index < -0.39 is 11.6 Å². The van der Waals surface area contributed by atoms with Crippen molar-refractivity contribution in [1.82, 2.24) is 4.57 Å². The lowest BCUT2D eigenvalue weighted by atomic mass is 10.2. The van der Waals surface area contributed by atoms with Gasteiger partial charge in [0.05, 0.1) is 5.69 Å². The molecular weight excluding hydrogens is 212 g/mol. The maximum absolute atomic E-state index is 13.6. The molecule has 2 rings (SSSR count). The second-order valence-electron chi connectivity index (χ2n) is 3.17.